The van der Waals surface area contributed by atoms with Gasteiger partial charge in [-0.2, -0.15) is 0 Å². The molecule has 3 rings (SSSR count). The van der Waals surface area contributed by atoms with Crippen molar-refractivity contribution >= 4 is 11.7 Å². The van der Waals surface area contributed by atoms with Crippen molar-refractivity contribution in [2.75, 3.05) is 31.1 Å². The third-order valence-electron chi connectivity index (χ3n) is 4.84. The Morgan fingerprint density at radius 2 is 1.84 bits per heavy atom. The van der Waals surface area contributed by atoms with Gasteiger partial charge in [0.1, 0.15) is 5.82 Å². The minimum Gasteiger partial charge on any atom is -0.354 e. The van der Waals surface area contributed by atoms with Crippen LogP contribution in [0.15, 0.2) is 48.7 Å². The van der Waals surface area contributed by atoms with Crippen molar-refractivity contribution in [3.8, 4) is 0 Å². The number of piperazine rings is 1. The van der Waals surface area contributed by atoms with E-state index in [2.05, 4.69) is 57.4 Å². The first kappa shape index (κ1) is 17.4. The van der Waals surface area contributed by atoms with Crippen LogP contribution in [-0.2, 0) is 11.3 Å². The van der Waals surface area contributed by atoms with Gasteiger partial charge in [-0.15, -0.1) is 0 Å². The lowest BCUT2D eigenvalue weighted by Gasteiger charge is -2.38. The van der Waals surface area contributed by atoms with E-state index in [-0.39, 0.29) is 5.91 Å². The summed E-state index contributed by atoms with van der Waals surface area (Å²) in [4.78, 5) is 20.3. The van der Waals surface area contributed by atoms with E-state index in [1.54, 1.807) is 6.92 Å². The average molecular weight is 338 g/mol. The quantitative estimate of drug-likeness (QED) is 0.910. The van der Waals surface area contributed by atoms with Gasteiger partial charge in [0.25, 0.3) is 0 Å². The van der Waals surface area contributed by atoms with E-state index in [0.717, 1.165) is 37.6 Å². The zero-order valence-electron chi connectivity index (χ0n) is 15.0. The molecule has 1 saturated heterocycles. The minimum atomic E-state index is 0.00298. The van der Waals surface area contributed by atoms with Crippen LogP contribution < -0.4 is 10.2 Å². The van der Waals surface area contributed by atoms with Crippen LogP contribution in [0.5, 0.6) is 0 Å². The van der Waals surface area contributed by atoms with Crippen molar-refractivity contribution in [1.82, 2.24) is 15.2 Å². The number of hydrogen-bond acceptors (Lipinski definition) is 4. The molecule has 1 N–H and O–H groups in total. The van der Waals surface area contributed by atoms with Crippen molar-refractivity contribution < 1.29 is 4.79 Å². The molecule has 0 spiro atoms. The van der Waals surface area contributed by atoms with Crippen LogP contribution in [0, 0.1) is 0 Å². The number of carbonyl (C=O) groups excluding carboxylic acids is 1. The molecule has 132 valence electrons. The van der Waals surface area contributed by atoms with Crippen molar-refractivity contribution in [2.45, 2.75) is 26.4 Å². The third-order valence-corrected chi connectivity index (χ3v) is 4.84. The molecule has 5 nitrogen and oxygen atoms in total. The fourth-order valence-electron chi connectivity index (χ4n) is 3.23. The summed E-state index contributed by atoms with van der Waals surface area (Å²) in [5, 5.41) is 2.83. The molecule has 1 amide bonds. The predicted molar refractivity (Wildman–Crippen MR) is 100 cm³/mol. The molecule has 0 bridgehead atoms. The van der Waals surface area contributed by atoms with Gasteiger partial charge in [0.05, 0.1) is 0 Å². The van der Waals surface area contributed by atoms with Gasteiger partial charge < -0.3 is 10.2 Å². The van der Waals surface area contributed by atoms with Crippen molar-refractivity contribution in [2.24, 2.45) is 0 Å². The van der Waals surface area contributed by atoms with E-state index in [1.807, 2.05) is 18.3 Å². The Labute approximate surface area is 149 Å². The predicted octanol–water partition coefficient (Wildman–Crippen LogP) is 2.60. The topological polar surface area (TPSA) is 48.5 Å². The van der Waals surface area contributed by atoms with Crippen molar-refractivity contribution in [3.63, 3.8) is 0 Å². The molecule has 2 aromatic rings. The standard InChI is InChI=1S/C20H26N4O/c1-16(19-8-6-18(7-9-19)15-22-17(2)25)23-11-13-24(14-12-23)20-5-3-4-10-21-20/h3-10,16H,11-15H2,1-2H3,(H,22,25). The maximum Gasteiger partial charge on any atom is 0.217 e. The van der Waals surface area contributed by atoms with E-state index in [1.165, 1.54) is 5.56 Å². The molecule has 0 aliphatic carbocycles. The highest BCUT2D eigenvalue weighted by molar-refractivity contribution is 5.72. The van der Waals surface area contributed by atoms with Crippen molar-refractivity contribution in [3.05, 3.63) is 59.8 Å². The number of aromatic nitrogens is 1. The minimum absolute atomic E-state index is 0.00298. The Morgan fingerprint density at radius 3 is 2.44 bits per heavy atom. The molecule has 1 aromatic heterocycles. The Hall–Kier alpha value is -2.40. The second-order valence-corrected chi connectivity index (χ2v) is 6.54. The zero-order chi connectivity index (χ0) is 17.6. The summed E-state index contributed by atoms with van der Waals surface area (Å²) in [5.74, 6) is 1.07. The highest BCUT2D eigenvalue weighted by Gasteiger charge is 2.22. The molecular formula is C20H26N4O. The van der Waals surface area contributed by atoms with Crippen LogP contribution in [0.2, 0.25) is 0 Å². The largest absolute Gasteiger partial charge is 0.354 e. The molecule has 1 aliphatic rings. The van der Waals surface area contributed by atoms with Gasteiger partial charge in [-0.3, -0.25) is 9.69 Å². The number of benzene rings is 1. The molecule has 25 heavy (non-hydrogen) atoms. The molecule has 1 fully saturated rings. The van der Waals surface area contributed by atoms with Crippen LogP contribution in [0.1, 0.15) is 31.0 Å². The first-order valence-corrected chi connectivity index (χ1v) is 8.87. The van der Waals surface area contributed by atoms with Gasteiger partial charge >= 0.3 is 0 Å². The van der Waals surface area contributed by atoms with Crippen LogP contribution >= 0.6 is 0 Å². The lowest BCUT2D eigenvalue weighted by atomic mass is 10.0. The second-order valence-electron chi connectivity index (χ2n) is 6.54. The van der Waals surface area contributed by atoms with E-state index in [9.17, 15) is 4.79 Å². The highest BCUT2D eigenvalue weighted by atomic mass is 16.1. The van der Waals surface area contributed by atoms with Gasteiger partial charge in [0.15, 0.2) is 0 Å². The molecule has 2 heterocycles. The molecule has 1 unspecified atom stereocenters. The van der Waals surface area contributed by atoms with Gasteiger partial charge in [-0.1, -0.05) is 30.3 Å². The lowest BCUT2D eigenvalue weighted by Crippen LogP contribution is -2.47. The van der Waals surface area contributed by atoms with Crippen molar-refractivity contribution in [1.29, 1.82) is 0 Å². The molecule has 0 radical (unpaired) electrons. The summed E-state index contributed by atoms with van der Waals surface area (Å²) < 4.78 is 0. The van der Waals surface area contributed by atoms with Crippen LogP contribution in [-0.4, -0.2) is 42.0 Å². The lowest BCUT2D eigenvalue weighted by molar-refractivity contribution is -0.119. The SMILES string of the molecule is CC(=O)NCc1ccc(C(C)N2CCN(c3ccccn3)CC2)cc1. The molecular weight excluding hydrogens is 312 g/mol. The highest BCUT2D eigenvalue weighted by Crippen LogP contribution is 2.23. The average Bonchev–Trinajstić information content (AvgIpc) is 2.67. The van der Waals surface area contributed by atoms with E-state index >= 15 is 0 Å². The van der Waals surface area contributed by atoms with Gasteiger partial charge in [0, 0.05) is 51.9 Å². The molecule has 1 aliphatic heterocycles. The number of hydrogen-bond donors (Lipinski definition) is 1. The number of rotatable bonds is 5. The molecule has 0 saturated carbocycles. The van der Waals surface area contributed by atoms with Gasteiger partial charge in [-0.25, -0.2) is 4.98 Å². The number of anilines is 1. The number of nitrogens with zero attached hydrogens (tertiary/aromatic N) is 3. The summed E-state index contributed by atoms with van der Waals surface area (Å²) in [7, 11) is 0. The van der Waals surface area contributed by atoms with Gasteiger partial charge in [-0.05, 0) is 30.2 Å². The zero-order valence-corrected chi connectivity index (χ0v) is 15.0. The van der Waals surface area contributed by atoms with Gasteiger partial charge in [0.2, 0.25) is 5.91 Å². The smallest absolute Gasteiger partial charge is 0.217 e. The van der Waals surface area contributed by atoms with E-state index in [0.29, 0.717) is 12.6 Å². The van der Waals surface area contributed by atoms with Crippen LogP contribution in [0.4, 0.5) is 5.82 Å². The van der Waals surface area contributed by atoms with E-state index in [4.69, 9.17) is 0 Å². The van der Waals surface area contributed by atoms with E-state index < -0.39 is 0 Å². The fourth-order valence-corrected chi connectivity index (χ4v) is 3.23. The maximum atomic E-state index is 11.0. The Balaban J connectivity index is 1.55. The second kappa shape index (κ2) is 8.12. The number of pyridine rings is 1. The summed E-state index contributed by atoms with van der Waals surface area (Å²) in [6, 6.07) is 15.0. The summed E-state index contributed by atoms with van der Waals surface area (Å²) in [6.45, 7) is 8.47. The molecule has 5 heteroatoms. The first-order chi connectivity index (χ1) is 12.1. The fraction of sp³-hybridized carbons (Fsp3) is 0.400. The number of carbonyl (C=O) groups is 1. The Kier molecular flexibility index (Phi) is 5.66. The Morgan fingerprint density at radius 1 is 1.12 bits per heavy atom. The Bertz CT molecular complexity index is 679. The summed E-state index contributed by atoms with van der Waals surface area (Å²) in [5.41, 5.74) is 2.45. The van der Waals surface area contributed by atoms with Crippen LogP contribution in [0.25, 0.3) is 0 Å². The summed E-state index contributed by atoms with van der Waals surface area (Å²) in [6.07, 6.45) is 1.85. The monoisotopic (exact) mass is 338 g/mol. The number of amides is 1. The third kappa shape index (κ3) is 4.57. The molecule has 1 atom stereocenters. The molecule has 1 aromatic carbocycles. The van der Waals surface area contributed by atoms with Crippen LogP contribution in [0.3, 0.4) is 0 Å². The number of nitrogens with one attached hydrogen (secondary N) is 1. The first-order valence-electron chi connectivity index (χ1n) is 8.87. The summed E-state index contributed by atoms with van der Waals surface area (Å²) >= 11 is 0. The normalized spacial score (nSPS) is 16.5. The maximum absolute atomic E-state index is 11.0.